The third-order valence-corrected chi connectivity index (χ3v) is 5.67. The third kappa shape index (κ3) is 3.67. The Labute approximate surface area is 155 Å². The second-order valence-corrected chi connectivity index (χ2v) is 7.47. The minimum absolute atomic E-state index is 0.171. The van der Waals surface area contributed by atoms with E-state index in [1.54, 1.807) is 0 Å². The van der Waals surface area contributed by atoms with Crippen molar-refractivity contribution in [3.63, 3.8) is 0 Å². The van der Waals surface area contributed by atoms with Crippen molar-refractivity contribution in [1.82, 2.24) is 4.90 Å². The Bertz CT molecular complexity index is 762. The molecule has 0 bridgehead atoms. The molecule has 136 valence electrons. The molecule has 26 heavy (non-hydrogen) atoms. The van der Waals surface area contributed by atoms with Gasteiger partial charge in [-0.25, -0.2) is 0 Å². The first-order valence-corrected chi connectivity index (χ1v) is 9.53. The number of likely N-dealkylation sites (tertiary alicyclic amines) is 1. The molecular weight excluding hydrogens is 324 g/mol. The normalized spacial score (nSPS) is 23.0. The molecule has 1 saturated heterocycles. The van der Waals surface area contributed by atoms with Crippen LogP contribution in [-0.4, -0.2) is 48.2 Å². The molecule has 1 N–H and O–H groups in total. The summed E-state index contributed by atoms with van der Waals surface area (Å²) < 4.78 is 0. The lowest BCUT2D eigenvalue weighted by molar-refractivity contribution is -0.120. The molecule has 2 aliphatic heterocycles. The lowest BCUT2D eigenvalue weighted by Gasteiger charge is -2.36. The zero-order valence-electron chi connectivity index (χ0n) is 15.1. The molecule has 0 aromatic heterocycles. The van der Waals surface area contributed by atoms with Crippen LogP contribution in [0.3, 0.4) is 0 Å². The number of hydrogen-bond donors (Lipinski definition) is 1. The van der Waals surface area contributed by atoms with Crippen molar-refractivity contribution in [2.45, 2.75) is 25.4 Å². The zero-order chi connectivity index (χ0) is 17.9. The Kier molecular flexibility index (Phi) is 5.05. The highest BCUT2D eigenvalue weighted by molar-refractivity contribution is 5.96. The van der Waals surface area contributed by atoms with Crippen molar-refractivity contribution in [3.05, 3.63) is 65.7 Å². The fraction of sp³-hybridized carbons (Fsp3) is 0.409. The quantitative estimate of drug-likeness (QED) is 0.921. The van der Waals surface area contributed by atoms with Crippen LogP contribution in [0.1, 0.15) is 17.5 Å². The molecule has 0 radical (unpaired) electrons. The zero-order valence-corrected chi connectivity index (χ0v) is 15.1. The first-order chi connectivity index (χ1) is 12.7. The summed E-state index contributed by atoms with van der Waals surface area (Å²) in [4.78, 5) is 17.0. The standard InChI is InChI=1S/C22H26N2O2/c25-21-11-12-23(15-19(21)14-17-6-2-1-3-7-17)16-22(26)24-13-10-18-8-4-5-9-20(18)24/h1-9,19,21,25H,10-16H2/t19-,21+/m1/s1. The van der Waals surface area contributed by atoms with Crippen LogP contribution in [0.5, 0.6) is 0 Å². The maximum atomic E-state index is 12.8. The third-order valence-electron chi connectivity index (χ3n) is 5.67. The van der Waals surface area contributed by atoms with Crippen molar-refractivity contribution in [3.8, 4) is 0 Å². The average Bonchev–Trinajstić information content (AvgIpc) is 3.09. The molecule has 4 nitrogen and oxygen atoms in total. The van der Waals surface area contributed by atoms with Gasteiger partial charge in [0.05, 0.1) is 12.6 Å². The number of para-hydroxylation sites is 1. The summed E-state index contributed by atoms with van der Waals surface area (Å²) >= 11 is 0. The van der Waals surface area contributed by atoms with Gasteiger partial charge in [-0.15, -0.1) is 0 Å². The van der Waals surface area contributed by atoms with Crippen LogP contribution >= 0.6 is 0 Å². The Hall–Kier alpha value is -2.17. The second-order valence-electron chi connectivity index (χ2n) is 7.47. The van der Waals surface area contributed by atoms with Crippen LogP contribution in [-0.2, 0) is 17.6 Å². The molecule has 0 saturated carbocycles. The van der Waals surface area contributed by atoms with E-state index in [2.05, 4.69) is 23.1 Å². The SMILES string of the molecule is O=C(CN1CC[C@H](O)[C@H](Cc2ccccc2)C1)N1CCc2ccccc21. The molecule has 2 aliphatic rings. The van der Waals surface area contributed by atoms with E-state index in [0.717, 1.165) is 44.6 Å². The number of fused-ring (bicyclic) bond motifs is 1. The van der Waals surface area contributed by atoms with E-state index in [0.29, 0.717) is 6.54 Å². The summed E-state index contributed by atoms with van der Waals surface area (Å²) in [5.74, 6) is 0.356. The van der Waals surface area contributed by atoms with Gasteiger partial charge in [-0.05, 0) is 36.5 Å². The van der Waals surface area contributed by atoms with E-state index in [4.69, 9.17) is 0 Å². The summed E-state index contributed by atoms with van der Waals surface area (Å²) in [6.07, 6.45) is 2.26. The van der Waals surface area contributed by atoms with Gasteiger partial charge in [-0.3, -0.25) is 9.69 Å². The molecule has 2 aromatic rings. The highest BCUT2D eigenvalue weighted by Gasteiger charge is 2.31. The number of benzene rings is 2. The predicted molar refractivity (Wildman–Crippen MR) is 103 cm³/mol. The smallest absolute Gasteiger partial charge is 0.241 e. The van der Waals surface area contributed by atoms with Crippen LogP contribution in [0.15, 0.2) is 54.6 Å². The average molecular weight is 350 g/mol. The minimum Gasteiger partial charge on any atom is -0.393 e. The second kappa shape index (κ2) is 7.60. The molecule has 2 heterocycles. The maximum absolute atomic E-state index is 12.8. The molecule has 1 amide bonds. The molecule has 2 aromatic carbocycles. The molecule has 4 rings (SSSR count). The predicted octanol–water partition coefficient (Wildman–Crippen LogP) is 2.50. The lowest BCUT2D eigenvalue weighted by atomic mass is 9.88. The number of aliphatic hydroxyl groups excluding tert-OH is 1. The van der Waals surface area contributed by atoms with Gasteiger partial charge in [0, 0.05) is 31.2 Å². The van der Waals surface area contributed by atoms with E-state index in [1.807, 2.05) is 41.3 Å². The molecule has 2 atom stereocenters. The Morgan fingerprint density at radius 2 is 1.81 bits per heavy atom. The Morgan fingerprint density at radius 1 is 1.04 bits per heavy atom. The van der Waals surface area contributed by atoms with Crippen LogP contribution in [0.4, 0.5) is 5.69 Å². The van der Waals surface area contributed by atoms with Gasteiger partial charge in [-0.2, -0.15) is 0 Å². The van der Waals surface area contributed by atoms with Gasteiger partial charge in [0.1, 0.15) is 0 Å². The summed E-state index contributed by atoms with van der Waals surface area (Å²) in [7, 11) is 0. The van der Waals surface area contributed by atoms with Crippen LogP contribution in [0, 0.1) is 5.92 Å². The highest BCUT2D eigenvalue weighted by Crippen LogP contribution is 2.28. The lowest BCUT2D eigenvalue weighted by Crippen LogP contribution is -2.48. The van der Waals surface area contributed by atoms with Crippen LogP contribution in [0.25, 0.3) is 0 Å². The number of amides is 1. The van der Waals surface area contributed by atoms with Gasteiger partial charge in [0.15, 0.2) is 0 Å². The molecule has 1 fully saturated rings. The van der Waals surface area contributed by atoms with Gasteiger partial charge in [-0.1, -0.05) is 48.5 Å². The number of nitrogens with zero attached hydrogens (tertiary/aromatic N) is 2. The van der Waals surface area contributed by atoms with Gasteiger partial charge < -0.3 is 10.0 Å². The monoisotopic (exact) mass is 350 g/mol. The van der Waals surface area contributed by atoms with Crippen molar-refractivity contribution < 1.29 is 9.90 Å². The molecule has 0 unspecified atom stereocenters. The molecule has 0 aliphatic carbocycles. The van der Waals surface area contributed by atoms with Crippen LogP contribution < -0.4 is 4.90 Å². The highest BCUT2D eigenvalue weighted by atomic mass is 16.3. The summed E-state index contributed by atoms with van der Waals surface area (Å²) in [6, 6.07) is 18.5. The molecular formula is C22H26N2O2. The van der Waals surface area contributed by atoms with E-state index < -0.39 is 0 Å². The van der Waals surface area contributed by atoms with E-state index in [9.17, 15) is 9.90 Å². The number of rotatable bonds is 4. The van der Waals surface area contributed by atoms with E-state index >= 15 is 0 Å². The fourth-order valence-electron chi connectivity index (χ4n) is 4.23. The first-order valence-electron chi connectivity index (χ1n) is 9.53. The molecule has 4 heteroatoms. The van der Waals surface area contributed by atoms with Gasteiger partial charge >= 0.3 is 0 Å². The minimum atomic E-state index is -0.283. The van der Waals surface area contributed by atoms with Crippen molar-refractivity contribution in [1.29, 1.82) is 0 Å². The number of aliphatic hydroxyl groups is 1. The Morgan fingerprint density at radius 3 is 2.65 bits per heavy atom. The van der Waals surface area contributed by atoms with Crippen LogP contribution in [0.2, 0.25) is 0 Å². The maximum Gasteiger partial charge on any atom is 0.241 e. The number of carbonyl (C=O) groups excluding carboxylic acids is 1. The van der Waals surface area contributed by atoms with Crippen molar-refractivity contribution in [2.75, 3.05) is 31.1 Å². The Balaban J connectivity index is 1.38. The van der Waals surface area contributed by atoms with Crippen molar-refractivity contribution in [2.24, 2.45) is 5.92 Å². The van der Waals surface area contributed by atoms with E-state index in [1.165, 1.54) is 11.1 Å². The first kappa shape index (κ1) is 17.3. The van der Waals surface area contributed by atoms with Gasteiger partial charge in [0.25, 0.3) is 0 Å². The van der Waals surface area contributed by atoms with E-state index in [-0.39, 0.29) is 17.9 Å². The largest absolute Gasteiger partial charge is 0.393 e. The molecule has 0 spiro atoms. The number of anilines is 1. The fourth-order valence-corrected chi connectivity index (χ4v) is 4.23. The summed E-state index contributed by atoms with van der Waals surface area (Å²) in [6.45, 7) is 2.78. The number of carbonyl (C=O) groups is 1. The number of piperidine rings is 1. The number of hydrogen-bond acceptors (Lipinski definition) is 3. The van der Waals surface area contributed by atoms with Gasteiger partial charge in [0.2, 0.25) is 5.91 Å². The topological polar surface area (TPSA) is 43.8 Å². The summed E-state index contributed by atoms with van der Waals surface area (Å²) in [5, 5.41) is 10.4. The summed E-state index contributed by atoms with van der Waals surface area (Å²) in [5.41, 5.74) is 3.57. The van der Waals surface area contributed by atoms with Crippen molar-refractivity contribution >= 4 is 11.6 Å².